The molecule has 0 aliphatic carbocycles. The minimum Gasteiger partial charge on any atom is -0.346 e. The van der Waals surface area contributed by atoms with Crippen LogP contribution in [-0.2, 0) is 13.5 Å². The van der Waals surface area contributed by atoms with Crippen molar-refractivity contribution < 1.29 is 0 Å². The van der Waals surface area contributed by atoms with Crippen LogP contribution in [0.2, 0.25) is 0 Å². The Labute approximate surface area is 150 Å². The maximum absolute atomic E-state index is 4.49. The van der Waals surface area contributed by atoms with Gasteiger partial charge in [-0.3, -0.25) is 0 Å². The molecule has 0 aliphatic rings. The molecule has 0 saturated carbocycles. The zero-order chi connectivity index (χ0) is 18.0. The molecule has 25 heavy (non-hydrogen) atoms. The first-order valence-electron chi connectivity index (χ1n) is 9.09. The van der Waals surface area contributed by atoms with Crippen molar-refractivity contribution in [2.24, 2.45) is 13.0 Å². The SMILES string of the molecule is Cc1ccc(Nc2ncnc3ccn(C)c23)c(CCCC(C)C)c1C. The summed E-state index contributed by atoms with van der Waals surface area (Å²) in [4.78, 5) is 8.85. The summed E-state index contributed by atoms with van der Waals surface area (Å²) in [6.45, 7) is 8.99. The van der Waals surface area contributed by atoms with Gasteiger partial charge in [0.25, 0.3) is 0 Å². The van der Waals surface area contributed by atoms with E-state index in [1.807, 2.05) is 19.3 Å². The van der Waals surface area contributed by atoms with Crippen LogP contribution in [0.25, 0.3) is 11.0 Å². The van der Waals surface area contributed by atoms with Gasteiger partial charge in [-0.2, -0.15) is 0 Å². The number of nitrogens with one attached hydrogen (secondary N) is 1. The molecule has 0 spiro atoms. The third-order valence-corrected chi connectivity index (χ3v) is 4.99. The molecule has 0 aliphatic heterocycles. The van der Waals surface area contributed by atoms with Crippen molar-refractivity contribution in [2.45, 2.75) is 47.0 Å². The molecule has 3 rings (SSSR count). The van der Waals surface area contributed by atoms with Gasteiger partial charge in [0.1, 0.15) is 11.8 Å². The fourth-order valence-corrected chi connectivity index (χ4v) is 3.34. The molecular formula is C21H28N4. The average molecular weight is 336 g/mol. The zero-order valence-electron chi connectivity index (χ0n) is 15.9. The number of fused-ring (bicyclic) bond motifs is 1. The highest BCUT2D eigenvalue weighted by Gasteiger charge is 2.12. The van der Waals surface area contributed by atoms with E-state index >= 15 is 0 Å². The van der Waals surface area contributed by atoms with Gasteiger partial charge in [-0.25, -0.2) is 9.97 Å². The Bertz CT molecular complexity index is 877. The number of benzene rings is 1. The fourth-order valence-electron chi connectivity index (χ4n) is 3.34. The predicted molar refractivity (Wildman–Crippen MR) is 105 cm³/mol. The van der Waals surface area contributed by atoms with Crippen LogP contribution < -0.4 is 5.32 Å². The molecule has 132 valence electrons. The van der Waals surface area contributed by atoms with Crippen molar-refractivity contribution >= 4 is 22.5 Å². The first-order chi connectivity index (χ1) is 12.0. The highest BCUT2D eigenvalue weighted by molar-refractivity contribution is 5.88. The smallest absolute Gasteiger partial charge is 0.158 e. The largest absolute Gasteiger partial charge is 0.346 e. The van der Waals surface area contributed by atoms with Crippen LogP contribution in [0.3, 0.4) is 0 Å². The molecule has 0 saturated heterocycles. The number of aryl methyl sites for hydroxylation is 2. The minimum atomic E-state index is 0.742. The molecule has 4 nitrogen and oxygen atoms in total. The van der Waals surface area contributed by atoms with Gasteiger partial charge in [0.15, 0.2) is 5.82 Å². The summed E-state index contributed by atoms with van der Waals surface area (Å²) in [5, 5.41) is 3.58. The fraction of sp³-hybridized carbons (Fsp3) is 0.429. The van der Waals surface area contributed by atoms with E-state index in [1.165, 1.54) is 29.5 Å². The minimum absolute atomic E-state index is 0.742. The summed E-state index contributed by atoms with van der Waals surface area (Å²) in [6, 6.07) is 6.39. The maximum Gasteiger partial charge on any atom is 0.158 e. The van der Waals surface area contributed by atoms with Crippen molar-refractivity contribution in [1.82, 2.24) is 14.5 Å². The van der Waals surface area contributed by atoms with Gasteiger partial charge in [-0.15, -0.1) is 0 Å². The lowest BCUT2D eigenvalue weighted by Crippen LogP contribution is -2.04. The molecule has 3 aromatic rings. The Morgan fingerprint density at radius 3 is 2.68 bits per heavy atom. The van der Waals surface area contributed by atoms with E-state index in [4.69, 9.17) is 0 Å². The number of aromatic nitrogens is 3. The molecular weight excluding hydrogens is 308 g/mol. The molecule has 1 N–H and O–H groups in total. The van der Waals surface area contributed by atoms with Crippen LogP contribution in [0.1, 0.15) is 43.4 Å². The second-order valence-corrected chi connectivity index (χ2v) is 7.33. The van der Waals surface area contributed by atoms with E-state index in [0.717, 1.165) is 34.9 Å². The second kappa shape index (κ2) is 7.26. The molecule has 2 heterocycles. The van der Waals surface area contributed by atoms with Crippen molar-refractivity contribution in [3.8, 4) is 0 Å². The molecule has 4 heteroatoms. The van der Waals surface area contributed by atoms with Gasteiger partial charge >= 0.3 is 0 Å². The van der Waals surface area contributed by atoms with Gasteiger partial charge < -0.3 is 9.88 Å². The molecule has 0 unspecified atom stereocenters. The van der Waals surface area contributed by atoms with Gasteiger partial charge in [0.05, 0.1) is 5.52 Å². The Morgan fingerprint density at radius 2 is 1.92 bits per heavy atom. The van der Waals surface area contributed by atoms with E-state index in [0.29, 0.717) is 0 Å². The summed E-state index contributed by atoms with van der Waals surface area (Å²) < 4.78 is 2.07. The van der Waals surface area contributed by atoms with Gasteiger partial charge in [-0.05, 0) is 61.4 Å². The number of anilines is 2. The highest BCUT2D eigenvalue weighted by atomic mass is 15.1. The summed E-state index contributed by atoms with van der Waals surface area (Å²) in [7, 11) is 2.03. The van der Waals surface area contributed by atoms with Crippen molar-refractivity contribution in [3.63, 3.8) is 0 Å². The number of nitrogens with zero attached hydrogens (tertiary/aromatic N) is 3. The standard InChI is InChI=1S/C21H28N4/c1-14(2)7-6-8-17-16(4)15(3)9-10-18(17)24-21-20-19(22-13-23-21)11-12-25(20)5/h9-14H,6-8H2,1-5H3,(H,22,23,24). The Hall–Kier alpha value is -2.36. The quantitative estimate of drug-likeness (QED) is 0.663. The van der Waals surface area contributed by atoms with Gasteiger partial charge in [0, 0.05) is 18.9 Å². The van der Waals surface area contributed by atoms with Crippen LogP contribution in [0.15, 0.2) is 30.7 Å². The Morgan fingerprint density at radius 1 is 1.12 bits per heavy atom. The third kappa shape index (κ3) is 3.68. The summed E-state index contributed by atoms with van der Waals surface area (Å²) in [5.74, 6) is 1.61. The van der Waals surface area contributed by atoms with E-state index < -0.39 is 0 Å². The van der Waals surface area contributed by atoms with Crippen LogP contribution in [-0.4, -0.2) is 14.5 Å². The lowest BCUT2D eigenvalue weighted by atomic mass is 9.95. The molecule has 0 bridgehead atoms. The first-order valence-corrected chi connectivity index (χ1v) is 9.09. The van der Waals surface area contributed by atoms with Crippen molar-refractivity contribution in [1.29, 1.82) is 0 Å². The van der Waals surface area contributed by atoms with Crippen LogP contribution in [0.5, 0.6) is 0 Å². The third-order valence-electron chi connectivity index (χ3n) is 4.99. The lowest BCUT2D eigenvalue weighted by molar-refractivity contribution is 0.555. The average Bonchev–Trinajstić information content (AvgIpc) is 2.96. The maximum atomic E-state index is 4.49. The van der Waals surface area contributed by atoms with E-state index in [1.54, 1.807) is 6.33 Å². The second-order valence-electron chi connectivity index (χ2n) is 7.33. The molecule has 2 aromatic heterocycles. The molecule has 0 atom stereocenters. The normalized spacial score (nSPS) is 11.4. The predicted octanol–water partition coefficient (Wildman–Crippen LogP) is 5.31. The summed E-state index contributed by atoms with van der Waals surface area (Å²) >= 11 is 0. The van der Waals surface area contributed by atoms with E-state index in [-0.39, 0.29) is 0 Å². The molecule has 1 aromatic carbocycles. The topological polar surface area (TPSA) is 42.7 Å². The van der Waals surface area contributed by atoms with Crippen LogP contribution >= 0.6 is 0 Å². The molecule has 0 amide bonds. The van der Waals surface area contributed by atoms with E-state index in [2.05, 4.69) is 59.7 Å². The Balaban J connectivity index is 1.96. The number of hydrogen-bond acceptors (Lipinski definition) is 3. The number of hydrogen-bond donors (Lipinski definition) is 1. The van der Waals surface area contributed by atoms with Crippen LogP contribution in [0, 0.1) is 19.8 Å². The van der Waals surface area contributed by atoms with Crippen LogP contribution in [0.4, 0.5) is 11.5 Å². The Kier molecular flexibility index (Phi) is 5.07. The number of rotatable bonds is 6. The van der Waals surface area contributed by atoms with Crippen molar-refractivity contribution in [2.75, 3.05) is 5.32 Å². The first kappa shape index (κ1) is 17.5. The zero-order valence-corrected chi connectivity index (χ0v) is 15.9. The summed E-state index contributed by atoms with van der Waals surface area (Å²) in [6.07, 6.45) is 7.20. The molecule has 0 fully saturated rings. The van der Waals surface area contributed by atoms with E-state index in [9.17, 15) is 0 Å². The monoisotopic (exact) mass is 336 g/mol. The lowest BCUT2D eigenvalue weighted by Gasteiger charge is -2.17. The van der Waals surface area contributed by atoms with Crippen molar-refractivity contribution in [3.05, 3.63) is 47.4 Å². The molecule has 0 radical (unpaired) electrons. The highest BCUT2D eigenvalue weighted by Crippen LogP contribution is 2.30. The van der Waals surface area contributed by atoms with Gasteiger partial charge in [-0.1, -0.05) is 26.3 Å². The van der Waals surface area contributed by atoms with Gasteiger partial charge in [0.2, 0.25) is 0 Å². The summed E-state index contributed by atoms with van der Waals surface area (Å²) in [5.41, 5.74) is 7.29.